The zero-order valence-electron chi connectivity index (χ0n) is 16.2. The molecule has 0 aliphatic rings. The number of methoxy groups -OCH3 is 2. The van der Waals surface area contributed by atoms with Crippen LogP contribution in [-0.2, 0) is 9.53 Å². The molecule has 1 N–H and O–H groups in total. The highest BCUT2D eigenvalue weighted by Gasteiger charge is 2.13. The Kier molecular flexibility index (Phi) is 8.29. The predicted molar refractivity (Wildman–Crippen MR) is 108 cm³/mol. The second-order valence-corrected chi connectivity index (χ2v) is 5.96. The monoisotopic (exact) mass is 420 g/mol. The van der Waals surface area contributed by atoms with Crippen molar-refractivity contribution in [3.05, 3.63) is 52.5 Å². The van der Waals surface area contributed by atoms with Crippen molar-refractivity contribution in [2.75, 3.05) is 27.4 Å². The van der Waals surface area contributed by atoms with Gasteiger partial charge in [0.2, 0.25) is 0 Å². The highest BCUT2D eigenvalue weighted by molar-refractivity contribution is 6.32. The Morgan fingerprint density at radius 2 is 1.86 bits per heavy atom. The van der Waals surface area contributed by atoms with Crippen molar-refractivity contribution in [1.82, 2.24) is 5.43 Å². The molecule has 0 saturated heterocycles. The fraction of sp³-hybridized carbons (Fsp3) is 0.250. The number of carbonyl (C=O) groups excluding carboxylic acids is 2. The summed E-state index contributed by atoms with van der Waals surface area (Å²) in [7, 11) is 2.69. The van der Waals surface area contributed by atoms with E-state index in [0.717, 1.165) is 0 Å². The minimum absolute atomic E-state index is 0.204. The van der Waals surface area contributed by atoms with Crippen LogP contribution in [0.4, 0.5) is 0 Å². The van der Waals surface area contributed by atoms with Crippen molar-refractivity contribution < 1.29 is 28.5 Å². The molecule has 0 unspecified atom stereocenters. The second kappa shape index (κ2) is 10.9. The van der Waals surface area contributed by atoms with Crippen LogP contribution in [0, 0.1) is 0 Å². The van der Waals surface area contributed by atoms with E-state index < -0.39 is 5.97 Å². The van der Waals surface area contributed by atoms with Crippen molar-refractivity contribution in [1.29, 1.82) is 0 Å². The molecular weight excluding hydrogens is 400 g/mol. The fourth-order valence-electron chi connectivity index (χ4n) is 2.24. The molecule has 0 aromatic heterocycles. The van der Waals surface area contributed by atoms with Crippen LogP contribution in [0.15, 0.2) is 41.5 Å². The number of hydrogen-bond donors (Lipinski definition) is 1. The zero-order chi connectivity index (χ0) is 21.2. The average molecular weight is 421 g/mol. The van der Waals surface area contributed by atoms with Crippen molar-refractivity contribution >= 4 is 29.7 Å². The Morgan fingerprint density at radius 1 is 1.14 bits per heavy atom. The molecule has 29 heavy (non-hydrogen) atoms. The summed E-state index contributed by atoms with van der Waals surface area (Å²) in [5.74, 6) is 0.269. The van der Waals surface area contributed by atoms with Crippen LogP contribution in [-0.4, -0.2) is 45.5 Å². The van der Waals surface area contributed by atoms with E-state index in [2.05, 4.69) is 15.3 Å². The van der Waals surface area contributed by atoms with Crippen molar-refractivity contribution in [2.24, 2.45) is 5.10 Å². The molecule has 2 aromatic rings. The molecule has 0 aliphatic heterocycles. The van der Waals surface area contributed by atoms with Gasteiger partial charge in [0, 0.05) is 5.56 Å². The number of hydrogen-bond acceptors (Lipinski definition) is 7. The van der Waals surface area contributed by atoms with E-state index in [0.29, 0.717) is 29.2 Å². The van der Waals surface area contributed by atoms with Crippen LogP contribution in [0.3, 0.4) is 0 Å². The molecular formula is C20H21ClN2O6. The van der Waals surface area contributed by atoms with Crippen LogP contribution in [0.2, 0.25) is 5.02 Å². The Morgan fingerprint density at radius 3 is 2.48 bits per heavy atom. The summed E-state index contributed by atoms with van der Waals surface area (Å²) in [4.78, 5) is 23.4. The van der Waals surface area contributed by atoms with Crippen LogP contribution >= 0.6 is 11.6 Å². The second-order valence-electron chi connectivity index (χ2n) is 5.56. The zero-order valence-corrected chi connectivity index (χ0v) is 17.0. The van der Waals surface area contributed by atoms with Gasteiger partial charge in [-0.3, -0.25) is 4.79 Å². The Bertz CT molecular complexity index is 883. The van der Waals surface area contributed by atoms with Crippen LogP contribution in [0.25, 0.3) is 0 Å². The number of carbonyl (C=O) groups is 2. The summed E-state index contributed by atoms with van der Waals surface area (Å²) >= 11 is 6.20. The normalized spacial score (nSPS) is 10.5. The number of halogens is 1. The number of rotatable bonds is 9. The number of hydrazone groups is 1. The van der Waals surface area contributed by atoms with E-state index in [1.807, 2.05) is 6.92 Å². The predicted octanol–water partition coefficient (Wildman–Crippen LogP) is 3.06. The van der Waals surface area contributed by atoms with E-state index in [1.54, 1.807) is 36.4 Å². The lowest BCUT2D eigenvalue weighted by atomic mass is 10.2. The molecule has 0 aliphatic carbocycles. The van der Waals surface area contributed by atoms with Gasteiger partial charge in [-0.1, -0.05) is 11.6 Å². The molecule has 0 saturated carbocycles. The van der Waals surface area contributed by atoms with E-state index in [-0.39, 0.29) is 23.3 Å². The number of nitrogens with one attached hydrogen (secondary N) is 1. The molecule has 0 spiro atoms. The quantitative estimate of drug-likeness (QED) is 0.380. The lowest BCUT2D eigenvalue weighted by Crippen LogP contribution is -2.17. The molecule has 9 heteroatoms. The summed E-state index contributed by atoms with van der Waals surface area (Å²) in [6, 6.07) is 9.86. The van der Waals surface area contributed by atoms with Gasteiger partial charge in [0.05, 0.1) is 32.1 Å². The molecule has 0 atom stereocenters. The van der Waals surface area contributed by atoms with Crippen LogP contribution < -0.4 is 19.6 Å². The third kappa shape index (κ3) is 6.39. The van der Waals surface area contributed by atoms with E-state index in [1.165, 1.54) is 20.4 Å². The summed E-state index contributed by atoms with van der Waals surface area (Å²) in [6.45, 7) is 2.13. The van der Waals surface area contributed by atoms with Gasteiger partial charge in [0.25, 0.3) is 5.91 Å². The molecule has 0 heterocycles. The van der Waals surface area contributed by atoms with Gasteiger partial charge in [-0.2, -0.15) is 5.10 Å². The van der Waals surface area contributed by atoms with Gasteiger partial charge in [-0.15, -0.1) is 0 Å². The highest BCUT2D eigenvalue weighted by atomic mass is 35.5. The minimum Gasteiger partial charge on any atom is -0.494 e. The Labute approximate surface area is 173 Å². The van der Waals surface area contributed by atoms with Crippen molar-refractivity contribution in [2.45, 2.75) is 6.92 Å². The summed E-state index contributed by atoms with van der Waals surface area (Å²) in [5, 5.41) is 4.14. The van der Waals surface area contributed by atoms with Gasteiger partial charge in [-0.25, -0.2) is 10.2 Å². The fourth-order valence-corrected chi connectivity index (χ4v) is 2.52. The maximum Gasteiger partial charge on any atom is 0.343 e. The van der Waals surface area contributed by atoms with Gasteiger partial charge >= 0.3 is 5.97 Å². The maximum absolute atomic E-state index is 12.1. The third-order valence-electron chi connectivity index (χ3n) is 3.62. The SMILES string of the molecule is CCOc1ccc(C(=O)N/N=C\c2cc(Cl)c(OCC(=O)OC)c(OC)c2)cc1. The van der Waals surface area contributed by atoms with Crippen molar-refractivity contribution in [3.8, 4) is 17.2 Å². The van der Waals surface area contributed by atoms with Crippen LogP contribution in [0.1, 0.15) is 22.8 Å². The third-order valence-corrected chi connectivity index (χ3v) is 3.90. The Balaban J connectivity index is 2.04. The highest BCUT2D eigenvalue weighted by Crippen LogP contribution is 2.36. The van der Waals surface area contributed by atoms with Crippen LogP contribution in [0.5, 0.6) is 17.2 Å². The first-order valence-electron chi connectivity index (χ1n) is 8.61. The molecule has 0 bridgehead atoms. The van der Waals surface area contributed by atoms with Crippen molar-refractivity contribution in [3.63, 3.8) is 0 Å². The molecule has 0 fully saturated rings. The summed E-state index contributed by atoms with van der Waals surface area (Å²) < 4.78 is 20.4. The first-order chi connectivity index (χ1) is 14.0. The van der Waals surface area contributed by atoms with Gasteiger partial charge in [0.15, 0.2) is 18.1 Å². The number of ether oxygens (including phenoxy) is 4. The molecule has 154 valence electrons. The summed E-state index contributed by atoms with van der Waals surface area (Å²) in [5.41, 5.74) is 3.43. The topological polar surface area (TPSA) is 95.5 Å². The lowest BCUT2D eigenvalue weighted by Gasteiger charge is -2.12. The van der Waals surface area contributed by atoms with E-state index >= 15 is 0 Å². The first-order valence-corrected chi connectivity index (χ1v) is 8.99. The Hall–Kier alpha value is -3.26. The van der Waals surface area contributed by atoms with Gasteiger partial charge < -0.3 is 18.9 Å². The molecule has 1 amide bonds. The summed E-state index contributed by atoms with van der Waals surface area (Å²) in [6.07, 6.45) is 1.41. The number of benzene rings is 2. The molecule has 8 nitrogen and oxygen atoms in total. The first kappa shape index (κ1) is 22.0. The van der Waals surface area contributed by atoms with E-state index in [4.69, 9.17) is 25.8 Å². The van der Waals surface area contributed by atoms with Gasteiger partial charge in [0.1, 0.15) is 5.75 Å². The number of amides is 1. The lowest BCUT2D eigenvalue weighted by molar-refractivity contribution is -0.142. The largest absolute Gasteiger partial charge is 0.494 e. The minimum atomic E-state index is -0.550. The number of esters is 1. The molecule has 0 radical (unpaired) electrons. The number of nitrogens with zero attached hydrogens (tertiary/aromatic N) is 1. The smallest absolute Gasteiger partial charge is 0.343 e. The van der Waals surface area contributed by atoms with E-state index in [9.17, 15) is 9.59 Å². The average Bonchev–Trinajstić information content (AvgIpc) is 2.73. The van der Waals surface area contributed by atoms with Gasteiger partial charge in [-0.05, 0) is 48.9 Å². The standard InChI is InChI=1S/C20H21ClN2O6/c1-4-28-15-7-5-14(6-8-15)20(25)23-22-11-13-9-16(21)19(17(10-13)26-2)29-12-18(24)27-3/h5-11H,4,12H2,1-3H3,(H,23,25)/b22-11-. The molecule has 2 rings (SSSR count). The maximum atomic E-state index is 12.1. The molecule has 2 aromatic carbocycles.